The number of nitrogens with one attached hydrogen (secondary N) is 1. The predicted octanol–water partition coefficient (Wildman–Crippen LogP) is 4.02. The monoisotopic (exact) mass is 361 g/mol. The summed E-state index contributed by atoms with van der Waals surface area (Å²) in [6, 6.07) is 14.1. The molecule has 0 atom stereocenters. The molecule has 0 saturated carbocycles. The highest BCUT2D eigenvalue weighted by Gasteiger charge is 2.12. The topological polar surface area (TPSA) is 68.0 Å². The van der Waals surface area contributed by atoms with Crippen LogP contribution in [0.3, 0.4) is 0 Å². The Hall–Kier alpha value is -2.37. The Kier molecular flexibility index (Phi) is 5.13. The molecule has 0 aliphatic carbocycles. The Balaban J connectivity index is 1.59. The van der Waals surface area contributed by atoms with Gasteiger partial charge in [0.15, 0.2) is 0 Å². The molecule has 24 heavy (non-hydrogen) atoms. The van der Waals surface area contributed by atoms with E-state index in [-0.39, 0.29) is 5.91 Å². The second-order valence-electron chi connectivity index (χ2n) is 4.97. The third-order valence-electron chi connectivity index (χ3n) is 3.31. The first kappa shape index (κ1) is 16.5. The normalized spacial score (nSPS) is 10.6. The van der Waals surface area contributed by atoms with E-state index >= 15 is 0 Å². The maximum Gasteiger partial charge on any atom is 0.252 e. The molecule has 0 radical (unpaired) electrons. The summed E-state index contributed by atoms with van der Waals surface area (Å²) in [5, 5.41) is 11.7. The van der Waals surface area contributed by atoms with Crippen LogP contribution in [0, 0.1) is 0 Å². The van der Waals surface area contributed by atoms with Crippen LogP contribution in [0.15, 0.2) is 52.9 Å². The van der Waals surface area contributed by atoms with Crippen LogP contribution in [0.4, 0.5) is 0 Å². The molecule has 0 saturated heterocycles. The van der Waals surface area contributed by atoms with Crippen molar-refractivity contribution in [1.29, 1.82) is 0 Å². The van der Waals surface area contributed by atoms with E-state index in [1.54, 1.807) is 36.4 Å². The Labute approximate surface area is 148 Å². The van der Waals surface area contributed by atoms with Gasteiger partial charge in [0.1, 0.15) is 0 Å². The molecule has 0 spiro atoms. The zero-order chi connectivity index (χ0) is 16.9. The van der Waals surface area contributed by atoms with Gasteiger partial charge in [0.05, 0.1) is 21.2 Å². The molecule has 0 aliphatic heterocycles. The summed E-state index contributed by atoms with van der Waals surface area (Å²) in [7, 11) is 0. The Morgan fingerprint density at radius 3 is 2.46 bits per heavy atom. The summed E-state index contributed by atoms with van der Waals surface area (Å²) < 4.78 is 5.58. The van der Waals surface area contributed by atoms with Crippen molar-refractivity contribution in [2.75, 3.05) is 6.54 Å². The molecular formula is C17H13Cl2N3O2. The van der Waals surface area contributed by atoms with Crippen molar-refractivity contribution in [2.24, 2.45) is 0 Å². The summed E-state index contributed by atoms with van der Waals surface area (Å²) in [5.41, 5.74) is 1.11. The zero-order valence-electron chi connectivity index (χ0n) is 12.5. The van der Waals surface area contributed by atoms with Gasteiger partial charge in [-0.3, -0.25) is 4.79 Å². The number of aromatic nitrogens is 2. The van der Waals surface area contributed by atoms with Crippen molar-refractivity contribution < 1.29 is 9.21 Å². The molecule has 2 aromatic carbocycles. The SMILES string of the molecule is O=C(NCCc1nnc(-c2ccccc2Cl)o1)c1ccccc1Cl. The minimum absolute atomic E-state index is 0.244. The molecule has 1 heterocycles. The summed E-state index contributed by atoms with van der Waals surface area (Å²) in [5.74, 6) is 0.531. The van der Waals surface area contributed by atoms with Gasteiger partial charge in [-0.15, -0.1) is 10.2 Å². The maximum atomic E-state index is 12.0. The standard InChI is InChI=1S/C17H13Cl2N3O2/c18-13-7-3-1-5-11(13)16(23)20-10-9-15-21-22-17(24-15)12-6-2-4-8-14(12)19/h1-8H,9-10H2,(H,20,23). The van der Waals surface area contributed by atoms with Crippen LogP contribution in [0.5, 0.6) is 0 Å². The first-order valence-electron chi connectivity index (χ1n) is 7.25. The average Bonchev–Trinajstić information content (AvgIpc) is 3.04. The molecular weight excluding hydrogens is 349 g/mol. The van der Waals surface area contributed by atoms with Gasteiger partial charge in [-0.2, -0.15) is 0 Å². The Morgan fingerprint density at radius 1 is 1.00 bits per heavy atom. The summed E-state index contributed by atoms with van der Waals surface area (Å²) in [6.07, 6.45) is 0.410. The van der Waals surface area contributed by atoms with Crippen molar-refractivity contribution in [3.63, 3.8) is 0 Å². The highest BCUT2D eigenvalue weighted by atomic mass is 35.5. The van der Waals surface area contributed by atoms with Crippen LogP contribution in [0.25, 0.3) is 11.5 Å². The first-order valence-corrected chi connectivity index (χ1v) is 8.01. The molecule has 3 aromatic rings. The fourth-order valence-electron chi connectivity index (χ4n) is 2.12. The molecule has 1 N–H and O–H groups in total. The van der Waals surface area contributed by atoms with Crippen molar-refractivity contribution in [3.8, 4) is 11.5 Å². The van der Waals surface area contributed by atoms with Crippen LogP contribution in [-0.4, -0.2) is 22.6 Å². The molecule has 0 aliphatic rings. The van der Waals surface area contributed by atoms with Gasteiger partial charge in [0, 0.05) is 13.0 Å². The highest BCUT2D eigenvalue weighted by molar-refractivity contribution is 6.34. The molecule has 0 fully saturated rings. The quantitative estimate of drug-likeness (QED) is 0.745. The molecule has 0 unspecified atom stereocenters. The maximum absolute atomic E-state index is 12.0. The van der Waals surface area contributed by atoms with Crippen LogP contribution < -0.4 is 5.32 Å². The Morgan fingerprint density at radius 2 is 1.71 bits per heavy atom. The lowest BCUT2D eigenvalue weighted by Gasteiger charge is -2.05. The molecule has 5 nitrogen and oxygen atoms in total. The molecule has 3 rings (SSSR count). The molecule has 1 amide bonds. The zero-order valence-corrected chi connectivity index (χ0v) is 14.0. The highest BCUT2D eigenvalue weighted by Crippen LogP contribution is 2.26. The van der Waals surface area contributed by atoms with Gasteiger partial charge in [-0.1, -0.05) is 47.5 Å². The van der Waals surface area contributed by atoms with E-state index in [0.717, 1.165) is 0 Å². The van der Waals surface area contributed by atoms with Gasteiger partial charge in [0.25, 0.3) is 5.91 Å². The number of nitrogens with zero attached hydrogens (tertiary/aromatic N) is 2. The summed E-state index contributed by atoms with van der Waals surface area (Å²) >= 11 is 12.1. The van der Waals surface area contributed by atoms with E-state index in [4.69, 9.17) is 27.6 Å². The summed E-state index contributed by atoms with van der Waals surface area (Å²) in [4.78, 5) is 12.0. The number of hydrogen-bond acceptors (Lipinski definition) is 4. The lowest BCUT2D eigenvalue weighted by molar-refractivity contribution is 0.0954. The number of benzene rings is 2. The number of hydrogen-bond donors (Lipinski definition) is 1. The van der Waals surface area contributed by atoms with Gasteiger partial charge < -0.3 is 9.73 Å². The molecule has 122 valence electrons. The number of amides is 1. The fourth-order valence-corrected chi connectivity index (χ4v) is 2.56. The van der Waals surface area contributed by atoms with Crippen molar-refractivity contribution in [2.45, 2.75) is 6.42 Å². The van der Waals surface area contributed by atoms with Gasteiger partial charge >= 0.3 is 0 Å². The van der Waals surface area contributed by atoms with E-state index in [9.17, 15) is 4.79 Å². The number of rotatable bonds is 5. The third kappa shape index (κ3) is 3.75. The lowest BCUT2D eigenvalue weighted by Crippen LogP contribution is -2.26. The van der Waals surface area contributed by atoms with Gasteiger partial charge in [-0.05, 0) is 24.3 Å². The minimum atomic E-state index is -0.244. The van der Waals surface area contributed by atoms with Crippen LogP contribution in [0.1, 0.15) is 16.2 Å². The Bertz CT molecular complexity index is 864. The van der Waals surface area contributed by atoms with E-state index in [2.05, 4.69) is 15.5 Å². The third-order valence-corrected chi connectivity index (χ3v) is 3.97. The van der Waals surface area contributed by atoms with Gasteiger partial charge in [0.2, 0.25) is 11.8 Å². The molecule has 7 heteroatoms. The largest absolute Gasteiger partial charge is 0.421 e. The predicted molar refractivity (Wildman–Crippen MR) is 92.2 cm³/mol. The second kappa shape index (κ2) is 7.47. The number of carbonyl (C=O) groups is 1. The van der Waals surface area contributed by atoms with E-state index in [1.807, 2.05) is 12.1 Å². The smallest absolute Gasteiger partial charge is 0.252 e. The fraction of sp³-hybridized carbons (Fsp3) is 0.118. The van der Waals surface area contributed by atoms with Crippen LogP contribution in [-0.2, 0) is 6.42 Å². The number of halogens is 2. The van der Waals surface area contributed by atoms with E-state index in [0.29, 0.717) is 45.9 Å². The van der Waals surface area contributed by atoms with Crippen molar-refractivity contribution in [1.82, 2.24) is 15.5 Å². The lowest BCUT2D eigenvalue weighted by atomic mass is 10.2. The van der Waals surface area contributed by atoms with Gasteiger partial charge in [-0.25, -0.2) is 0 Å². The van der Waals surface area contributed by atoms with E-state index < -0.39 is 0 Å². The van der Waals surface area contributed by atoms with Crippen LogP contribution >= 0.6 is 23.2 Å². The van der Waals surface area contributed by atoms with Crippen LogP contribution in [0.2, 0.25) is 10.0 Å². The van der Waals surface area contributed by atoms with E-state index in [1.165, 1.54) is 0 Å². The molecule has 0 bridgehead atoms. The van der Waals surface area contributed by atoms with Crippen molar-refractivity contribution in [3.05, 3.63) is 70.0 Å². The number of carbonyl (C=O) groups excluding carboxylic acids is 1. The minimum Gasteiger partial charge on any atom is -0.421 e. The first-order chi connectivity index (χ1) is 11.6. The average molecular weight is 362 g/mol. The second-order valence-corrected chi connectivity index (χ2v) is 5.78. The molecule has 1 aromatic heterocycles. The summed E-state index contributed by atoms with van der Waals surface area (Å²) in [6.45, 7) is 0.355. The van der Waals surface area contributed by atoms with Crippen molar-refractivity contribution >= 4 is 29.1 Å².